The van der Waals surface area contributed by atoms with E-state index in [1.807, 2.05) is 23.6 Å². The number of nitrogens with zero attached hydrogens (tertiary/aromatic N) is 3. The van der Waals surface area contributed by atoms with Crippen molar-refractivity contribution in [2.45, 2.75) is 20.4 Å². The average Bonchev–Trinajstić information content (AvgIpc) is 3.24. The predicted octanol–water partition coefficient (Wildman–Crippen LogP) is 2.79. The van der Waals surface area contributed by atoms with E-state index in [0.717, 1.165) is 10.2 Å². The van der Waals surface area contributed by atoms with Crippen molar-refractivity contribution in [3.8, 4) is 11.5 Å². The Hall–Kier alpha value is -2.65. The van der Waals surface area contributed by atoms with E-state index in [1.165, 1.54) is 11.3 Å². The lowest BCUT2D eigenvalue weighted by molar-refractivity contribution is 0.0961. The molecule has 8 nitrogen and oxygen atoms in total. The Morgan fingerprint density at radius 2 is 2.00 bits per heavy atom. The Bertz CT molecular complexity index is 1020. The number of thiazole rings is 1. The molecule has 0 unspecified atom stereocenters. The van der Waals surface area contributed by atoms with Crippen molar-refractivity contribution in [3.63, 3.8) is 0 Å². The number of hydrogen-bond donors (Lipinski definition) is 0. The summed E-state index contributed by atoms with van der Waals surface area (Å²) in [6.45, 7) is 5.35. The summed E-state index contributed by atoms with van der Waals surface area (Å²) in [6, 6.07) is 5.31. The van der Waals surface area contributed by atoms with Gasteiger partial charge in [-0.15, -0.1) is 0 Å². The molecule has 0 N–H and O–H groups in total. The fraction of sp³-hybridized carbons (Fsp3) is 0.389. The molecule has 2 aromatic heterocycles. The number of fused-ring (bicyclic) bond motifs is 1. The SMILES string of the molecule is CCOCCn1c(=NC(=O)c2cc(C)no2)sc2cc(OC)c(OC)cc21. The molecule has 1 aromatic carbocycles. The summed E-state index contributed by atoms with van der Waals surface area (Å²) < 4.78 is 24.1. The smallest absolute Gasteiger partial charge is 0.318 e. The van der Waals surface area contributed by atoms with Gasteiger partial charge >= 0.3 is 5.91 Å². The van der Waals surface area contributed by atoms with Gasteiger partial charge in [0.15, 0.2) is 16.3 Å². The number of rotatable bonds is 7. The number of aryl methyl sites for hydroxylation is 1. The first-order chi connectivity index (χ1) is 13.1. The van der Waals surface area contributed by atoms with Gasteiger partial charge in [0.25, 0.3) is 0 Å². The van der Waals surface area contributed by atoms with Crippen molar-refractivity contribution in [1.82, 2.24) is 9.72 Å². The minimum atomic E-state index is -0.480. The second-order valence-corrected chi connectivity index (χ2v) is 6.67. The highest BCUT2D eigenvalue weighted by molar-refractivity contribution is 7.16. The third kappa shape index (κ3) is 4.04. The van der Waals surface area contributed by atoms with E-state index in [-0.39, 0.29) is 5.76 Å². The van der Waals surface area contributed by atoms with E-state index >= 15 is 0 Å². The van der Waals surface area contributed by atoms with Crippen LogP contribution in [0.15, 0.2) is 27.7 Å². The minimum absolute atomic E-state index is 0.108. The highest BCUT2D eigenvalue weighted by atomic mass is 32.1. The normalized spacial score (nSPS) is 11.9. The summed E-state index contributed by atoms with van der Waals surface area (Å²) in [5.74, 6) is 0.853. The molecular weight excluding hydrogens is 370 g/mol. The van der Waals surface area contributed by atoms with Gasteiger partial charge < -0.3 is 23.3 Å². The van der Waals surface area contributed by atoms with Crippen LogP contribution in [0.25, 0.3) is 10.2 Å². The van der Waals surface area contributed by atoms with E-state index in [9.17, 15) is 4.79 Å². The standard InChI is InChI=1S/C18H21N3O5S/c1-5-25-7-6-21-12-9-13(23-3)14(24-4)10-16(12)27-18(21)19-17(22)15-8-11(2)20-26-15/h8-10H,5-7H2,1-4H3. The highest BCUT2D eigenvalue weighted by Crippen LogP contribution is 2.33. The first-order valence-electron chi connectivity index (χ1n) is 8.42. The van der Waals surface area contributed by atoms with Gasteiger partial charge in [-0.1, -0.05) is 16.5 Å². The third-order valence-corrected chi connectivity index (χ3v) is 4.93. The number of ether oxygens (including phenoxy) is 3. The molecule has 144 valence electrons. The van der Waals surface area contributed by atoms with Crippen molar-refractivity contribution >= 4 is 27.5 Å². The summed E-state index contributed by atoms with van der Waals surface area (Å²) in [4.78, 5) is 17.2. The number of aromatic nitrogens is 2. The van der Waals surface area contributed by atoms with E-state index < -0.39 is 5.91 Å². The molecule has 27 heavy (non-hydrogen) atoms. The van der Waals surface area contributed by atoms with Crippen molar-refractivity contribution in [2.24, 2.45) is 4.99 Å². The molecule has 0 bridgehead atoms. The van der Waals surface area contributed by atoms with E-state index in [0.29, 0.717) is 41.8 Å². The van der Waals surface area contributed by atoms with Crippen LogP contribution in [0.5, 0.6) is 11.5 Å². The Balaban J connectivity index is 2.12. The molecular formula is C18H21N3O5S. The molecule has 0 aliphatic heterocycles. The van der Waals surface area contributed by atoms with Gasteiger partial charge in [-0.25, -0.2) is 0 Å². The van der Waals surface area contributed by atoms with Crippen molar-refractivity contribution < 1.29 is 23.5 Å². The van der Waals surface area contributed by atoms with Crippen molar-refractivity contribution in [2.75, 3.05) is 27.4 Å². The topological polar surface area (TPSA) is 88.1 Å². The van der Waals surface area contributed by atoms with Crippen LogP contribution in [0.1, 0.15) is 23.2 Å². The Kier molecular flexibility index (Phi) is 5.92. The van der Waals surface area contributed by atoms with Gasteiger partial charge in [-0.2, -0.15) is 4.99 Å². The Labute approximate surface area is 160 Å². The van der Waals surface area contributed by atoms with Gasteiger partial charge in [0.1, 0.15) is 0 Å². The van der Waals surface area contributed by atoms with Gasteiger partial charge in [-0.05, 0) is 13.8 Å². The maximum absolute atomic E-state index is 12.4. The maximum atomic E-state index is 12.4. The van der Waals surface area contributed by atoms with Gasteiger partial charge in [0.05, 0.1) is 36.7 Å². The molecule has 2 heterocycles. The zero-order valence-corrected chi connectivity index (χ0v) is 16.5. The third-order valence-electron chi connectivity index (χ3n) is 3.89. The van der Waals surface area contributed by atoms with Crippen LogP contribution >= 0.6 is 11.3 Å². The summed E-state index contributed by atoms with van der Waals surface area (Å²) in [6.07, 6.45) is 0. The molecule has 0 fully saturated rings. The molecule has 9 heteroatoms. The molecule has 0 spiro atoms. The van der Waals surface area contributed by atoms with Crippen LogP contribution in [-0.2, 0) is 11.3 Å². The lowest BCUT2D eigenvalue weighted by Crippen LogP contribution is -2.19. The number of amides is 1. The summed E-state index contributed by atoms with van der Waals surface area (Å²) in [5.41, 5.74) is 1.52. The lowest BCUT2D eigenvalue weighted by atomic mass is 10.3. The largest absolute Gasteiger partial charge is 0.493 e. The molecule has 1 amide bonds. The number of benzene rings is 1. The lowest BCUT2D eigenvalue weighted by Gasteiger charge is -2.09. The summed E-state index contributed by atoms with van der Waals surface area (Å²) in [5, 5.41) is 3.74. The fourth-order valence-corrected chi connectivity index (χ4v) is 3.67. The van der Waals surface area contributed by atoms with Crippen LogP contribution in [-0.4, -0.2) is 43.1 Å². The van der Waals surface area contributed by atoms with E-state index in [4.69, 9.17) is 18.7 Å². The molecule has 0 radical (unpaired) electrons. The number of hydrogen-bond acceptors (Lipinski definition) is 7. The zero-order chi connectivity index (χ0) is 19.4. The first kappa shape index (κ1) is 19.1. The molecule has 3 aromatic rings. The Morgan fingerprint density at radius 3 is 2.63 bits per heavy atom. The van der Waals surface area contributed by atoms with Crippen LogP contribution in [0, 0.1) is 6.92 Å². The monoisotopic (exact) mass is 391 g/mol. The predicted molar refractivity (Wildman–Crippen MR) is 101 cm³/mol. The van der Waals surface area contributed by atoms with E-state index in [2.05, 4.69) is 10.1 Å². The van der Waals surface area contributed by atoms with Gasteiger partial charge in [0, 0.05) is 31.4 Å². The summed E-state index contributed by atoms with van der Waals surface area (Å²) >= 11 is 1.38. The van der Waals surface area contributed by atoms with Gasteiger partial charge in [0.2, 0.25) is 5.76 Å². The highest BCUT2D eigenvalue weighted by Gasteiger charge is 2.15. The second-order valence-electron chi connectivity index (χ2n) is 5.66. The number of carbonyl (C=O) groups excluding carboxylic acids is 1. The van der Waals surface area contributed by atoms with Gasteiger partial charge in [-0.3, -0.25) is 4.79 Å². The molecule has 0 atom stereocenters. The number of methoxy groups -OCH3 is 2. The Morgan fingerprint density at radius 1 is 1.26 bits per heavy atom. The quantitative estimate of drug-likeness (QED) is 0.576. The number of carbonyl (C=O) groups is 1. The molecule has 0 saturated carbocycles. The van der Waals surface area contributed by atoms with E-state index in [1.54, 1.807) is 27.2 Å². The average molecular weight is 391 g/mol. The molecule has 0 aliphatic carbocycles. The van der Waals surface area contributed by atoms with Crippen LogP contribution in [0.3, 0.4) is 0 Å². The molecule has 0 saturated heterocycles. The van der Waals surface area contributed by atoms with Crippen LogP contribution < -0.4 is 14.3 Å². The summed E-state index contributed by atoms with van der Waals surface area (Å²) in [7, 11) is 3.17. The first-order valence-corrected chi connectivity index (χ1v) is 9.24. The maximum Gasteiger partial charge on any atom is 0.318 e. The minimum Gasteiger partial charge on any atom is -0.493 e. The van der Waals surface area contributed by atoms with Crippen molar-refractivity contribution in [3.05, 3.63) is 34.5 Å². The molecule has 0 aliphatic rings. The fourth-order valence-electron chi connectivity index (χ4n) is 2.60. The zero-order valence-electron chi connectivity index (χ0n) is 15.6. The van der Waals surface area contributed by atoms with Crippen LogP contribution in [0.2, 0.25) is 0 Å². The second kappa shape index (κ2) is 8.36. The van der Waals surface area contributed by atoms with Crippen LogP contribution in [0.4, 0.5) is 0 Å². The molecule has 3 rings (SSSR count). The van der Waals surface area contributed by atoms with Crippen molar-refractivity contribution in [1.29, 1.82) is 0 Å².